The Hall–Kier alpha value is -4.38. The Morgan fingerprint density at radius 1 is 1.24 bits per heavy atom. The molecule has 10 nitrogen and oxygen atoms in total. The summed E-state index contributed by atoms with van der Waals surface area (Å²) >= 11 is 0. The van der Waals surface area contributed by atoms with Gasteiger partial charge in [0, 0.05) is 24.9 Å². The highest BCUT2D eigenvalue weighted by Crippen LogP contribution is 2.26. The molecule has 11 heteroatoms. The van der Waals surface area contributed by atoms with Gasteiger partial charge in [-0.05, 0) is 62.6 Å². The third-order valence-corrected chi connectivity index (χ3v) is 4.88. The summed E-state index contributed by atoms with van der Waals surface area (Å²) in [6, 6.07) is 5.57. The lowest BCUT2D eigenvalue weighted by Gasteiger charge is -2.06. The maximum Gasteiger partial charge on any atom is 0.322 e. The Morgan fingerprint density at radius 2 is 1.92 bits per heavy atom. The number of nitrogens with two attached hydrogens (primary N) is 1. The molecule has 1 aromatic heterocycles. The lowest BCUT2D eigenvalue weighted by atomic mass is 10.1. The molecule has 1 aromatic carbocycles. The number of allylic oxidation sites excluding steroid dienone is 3. The molecule has 4 amide bonds. The van der Waals surface area contributed by atoms with Crippen molar-refractivity contribution in [1.82, 2.24) is 21.4 Å². The topological polar surface area (TPSA) is 148 Å². The van der Waals surface area contributed by atoms with Gasteiger partial charge in [-0.25, -0.2) is 9.18 Å². The first-order chi connectivity index (χ1) is 17.5. The van der Waals surface area contributed by atoms with E-state index in [0.717, 1.165) is 5.56 Å². The molecular weight excluding hydrogens is 481 g/mol. The van der Waals surface area contributed by atoms with Crippen molar-refractivity contribution in [3.8, 4) is 5.75 Å². The first-order valence-electron chi connectivity index (χ1n) is 11.2. The molecule has 1 atom stereocenters. The van der Waals surface area contributed by atoms with Crippen molar-refractivity contribution in [2.75, 3.05) is 14.2 Å². The summed E-state index contributed by atoms with van der Waals surface area (Å²) in [5.41, 5.74) is 4.88. The average Bonchev–Trinajstić information content (AvgIpc) is 3.40. The summed E-state index contributed by atoms with van der Waals surface area (Å²) in [4.78, 5) is 33.8. The van der Waals surface area contributed by atoms with Crippen LogP contribution in [0.3, 0.4) is 0 Å². The van der Waals surface area contributed by atoms with Crippen molar-refractivity contribution in [2.24, 2.45) is 5.84 Å². The van der Waals surface area contributed by atoms with E-state index in [1.165, 1.54) is 13.0 Å². The highest BCUT2D eigenvalue weighted by Gasteiger charge is 2.33. The molecule has 6 N–H and O–H groups in total. The van der Waals surface area contributed by atoms with Gasteiger partial charge in [0.05, 0.1) is 7.11 Å². The van der Waals surface area contributed by atoms with Gasteiger partial charge in [0.25, 0.3) is 11.8 Å². The van der Waals surface area contributed by atoms with Gasteiger partial charge in [-0.2, -0.15) is 0 Å². The fourth-order valence-corrected chi connectivity index (χ4v) is 2.87. The second kappa shape index (κ2) is 14.9. The number of hydrogen-bond donors (Lipinski definition) is 5. The number of rotatable bonds is 6. The predicted octanol–water partition coefficient (Wildman–Crippen LogP) is 3.70. The highest BCUT2D eigenvalue weighted by molar-refractivity contribution is 6.04. The number of ether oxygens (including phenoxy) is 1. The molecule has 0 bridgehead atoms. The van der Waals surface area contributed by atoms with Gasteiger partial charge in [0.15, 0.2) is 6.04 Å². The van der Waals surface area contributed by atoms with Crippen LogP contribution < -0.4 is 32.0 Å². The number of halogens is 1. The van der Waals surface area contributed by atoms with E-state index < -0.39 is 23.8 Å². The number of hydrogen-bond acceptors (Lipinski definition) is 7. The number of nitrogens with one attached hydrogen (secondary N) is 4. The summed E-state index contributed by atoms with van der Waals surface area (Å²) in [5, 5.41) is 7.09. The summed E-state index contributed by atoms with van der Waals surface area (Å²) in [6.07, 6.45) is 4.68. The van der Waals surface area contributed by atoms with Crippen LogP contribution in [0.1, 0.15) is 52.9 Å². The number of imide groups is 1. The number of furan rings is 1. The van der Waals surface area contributed by atoms with Gasteiger partial charge in [0.2, 0.25) is 0 Å². The number of carbonyl (C=O) groups excluding carboxylic acids is 3. The van der Waals surface area contributed by atoms with E-state index in [0.29, 0.717) is 22.6 Å². The first kappa shape index (κ1) is 30.7. The van der Waals surface area contributed by atoms with Crippen molar-refractivity contribution in [2.45, 2.75) is 33.7 Å². The molecule has 1 unspecified atom stereocenters. The third-order valence-electron chi connectivity index (χ3n) is 4.88. The molecule has 2 aromatic rings. The largest absolute Gasteiger partial charge is 0.497 e. The SMILES string of the molecule is C/C=C\NN.C=C(C)/C(F)=C\c1oc(C2NC(=O)NC2=O)cc1C.CNC(=O)c1cc(OC)ccc1C. The molecule has 0 spiro atoms. The maximum absolute atomic E-state index is 13.5. The zero-order valence-corrected chi connectivity index (χ0v) is 21.8. The Bertz CT molecular complexity index is 1190. The molecule has 1 saturated heterocycles. The number of amides is 4. The molecule has 1 aliphatic rings. The molecule has 0 saturated carbocycles. The van der Waals surface area contributed by atoms with E-state index in [9.17, 15) is 18.8 Å². The number of methoxy groups -OCH3 is 1. The van der Waals surface area contributed by atoms with Crippen molar-refractivity contribution < 1.29 is 27.9 Å². The van der Waals surface area contributed by atoms with Crippen LogP contribution in [0.4, 0.5) is 9.18 Å². The maximum atomic E-state index is 13.5. The summed E-state index contributed by atoms with van der Waals surface area (Å²) in [6.45, 7) is 10.5. The number of urea groups is 1. The molecule has 1 fully saturated rings. The zero-order valence-electron chi connectivity index (χ0n) is 21.8. The van der Waals surface area contributed by atoms with Crippen LogP contribution in [0.25, 0.3) is 6.08 Å². The Balaban J connectivity index is 0.000000329. The van der Waals surface area contributed by atoms with E-state index in [1.807, 2.05) is 32.1 Å². The minimum Gasteiger partial charge on any atom is -0.497 e. The van der Waals surface area contributed by atoms with E-state index >= 15 is 0 Å². The molecule has 37 heavy (non-hydrogen) atoms. The van der Waals surface area contributed by atoms with Crippen LogP contribution in [0.2, 0.25) is 0 Å². The van der Waals surface area contributed by atoms with Crippen molar-refractivity contribution in [3.05, 3.63) is 82.7 Å². The highest BCUT2D eigenvalue weighted by atomic mass is 19.1. The minimum atomic E-state index is -0.874. The van der Waals surface area contributed by atoms with Crippen molar-refractivity contribution in [3.63, 3.8) is 0 Å². The molecule has 2 heterocycles. The minimum absolute atomic E-state index is 0.0867. The summed E-state index contributed by atoms with van der Waals surface area (Å²) in [5.74, 6) is 4.99. The van der Waals surface area contributed by atoms with E-state index in [1.54, 1.807) is 39.4 Å². The van der Waals surface area contributed by atoms with Gasteiger partial charge in [-0.3, -0.25) is 20.7 Å². The quantitative estimate of drug-likeness (QED) is 0.171. The summed E-state index contributed by atoms with van der Waals surface area (Å²) in [7, 11) is 3.19. The molecular formula is C26H34FN5O5. The Morgan fingerprint density at radius 3 is 2.38 bits per heavy atom. The smallest absolute Gasteiger partial charge is 0.322 e. The van der Waals surface area contributed by atoms with Crippen LogP contribution in [0.15, 0.2) is 58.9 Å². The van der Waals surface area contributed by atoms with Gasteiger partial charge in [0.1, 0.15) is 23.1 Å². The number of hydrazine groups is 1. The van der Waals surface area contributed by atoms with E-state index in [4.69, 9.17) is 15.0 Å². The van der Waals surface area contributed by atoms with Crippen LogP contribution >= 0.6 is 0 Å². The van der Waals surface area contributed by atoms with Crippen LogP contribution in [0.5, 0.6) is 5.75 Å². The summed E-state index contributed by atoms with van der Waals surface area (Å²) < 4.78 is 23.9. The van der Waals surface area contributed by atoms with Crippen molar-refractivity contribution >= 4 is 23.9 Å². The standard InChI is InChI=1S/C13H13FN2O3.C10H13NO2.C3H8N2/c1-6(2)8(14)5-9-7(3)4-10(19-9)11-12(17)16-13(18)15-11;1-7-4-5-8(13-3)6-9(7)10(12)11-2;1-2-3-5-4/h4-5,11H,1H2,2-3H3,(H2,15,16,17,18);4-6H,1-3H3,(H,11,12);2-3,5H,4H2,1H3/b8-5+;;3-2-. The third kappa shape index (κ3) is 9.30. The average molecular weight is 516 g/mol. The van der Waals surface area contributed by atoms with E-state index in [2.05, 4.69) is 28.0 Å². The Labute approximate surface area is 215 Å². The predicted molar refractivity (Wildman–Crippen MR) is 140 cm³/mol. The van der Waals surface area contributed by atoms with Crippen molar-refractivity contribution in [1.29, 1.82) is 0 Å². The fraction of sp³-hybridized carbons (Fsp3) is 0.269. The number of benzene rings is 1. The number of carbonyl (C=O) groups is 3. The van der Waals surface area contributed by atoms with E-state index in [-0.39, 0.29) is 17.2 Å². The fourth-order valence-electron chi connectivity index (χ4n) is 2.87. The van der Waals surface area contributed by atoms with Gasteiger partial charge >= 0.3 is 6.03 Å². The normalized spacial score (nSPS) is 14.5. The van der Waals surface area contributed by atoms with Crippen LogP contribution in [0, 0.1) is 13.8 Å². The molecule has 0 radical (unpaired) electrons. The molecule has 3 rings (SSSR count). The van der Waals surface area contributed by atoms with Gasteiger partial charge in [-0.15, -0.1) is 0 Å². The second-order valence-electron chi connectivity index (χ2n) is 7.79. The molecule has 200 valence electrons. The lowest BCUT2D eigenvalue weighted by Crippen LogP contribution is -2.22. The monoisotopic (exact) mass is 515 g/mol. The van der Waals surface area contributed by atoms with Crippen LogP contribution in [-0.2, 0) is 4.79 Å². The lowest BCUT2D eigenvalue weighted by molar-refractivity contribution is -0.120. The van der Waals surface area contributed by atoms with Gasteiger partial charge < -0.3 is 25.2 Å². The number of aryl methyl sites for hydroxylation is 2. The first-order valence-corrected chi connectivity index (χ1v) is 11.2. The molecule has 0 aliphatic carbocycles. The van der Waals surface area contributed by atoms with Gasteiger partial charge in [-0.1, -0.05) is 18.7 Å². The second-order valence-corrected chi connectivity index (χ2v) is 7.79. The zero-order chi connectivity index (χ0) is 28.1. The Kier molecular flexibility index (Phi) is 12.3. The van der Waals surface area contributed by atoms with Crippen LogP contribution in [-0.4, -0.2) is 32.0 Å². The molecule has 1 aliphatic heterocycles.